The van der Waals surface area contributed by atoms with Crippen LogP contribution in [0.1, 0.15) is 37.3 Å². The van der Waals surface area contributed by atoms with Gasteiger partial charge in [0.2, 0.25) is 11.5 Å². The summed E-state index contributed by atoms with van der Waals surface area (Å²) < 4.78 is 14.9. The van der Waals surface area contributed by atoms with E-state index in [1.165, 1.54) is 24.6 Å². The number of hydrogen-bond acceptors (Lipinski definition) is 3. The Morgan fingerprint density at radius 3 is 2.52 bits per heavy atom. The maximum absolute atomic E-state index is 13.3. The fourth-order valence-corrected chi connectivity index (χ4v) is 3.55. The highest BCUT2D eigenvalue weighted by atomic mass is 19.1. The fourth-order valence-electron chi connectivity index (χ4n) is 3.55. The van der Waals surface area contributed by atoms with Crippen molar-refractivity contribution in [1.29, 1.82) is 0 Å². The number of rotatable bonds is 7. The van der Waals surface area contributed by atoms with Crippen molar-refractivity contribution in [3.63, 3.8) is 0 Å². The molecule has 0 aliphatic carbocycles. The maximum Gasteiger partial charge on any atom is 0.250 e. The van der Waals surface area contributed by atoms with Crippen LogP contribution in [0.25, 0.3) is 0 Å². The molecule has 0 bridgehead atoms. The normalized spacial score (nSPS) is 16.0. The second-order valence-electron chi connectivity index (χ2n) is 6.93. The molecule has 3 rings (SSSR count). The van der Waals surface area contributed by atoms with Crippen LogP contribution in [0.15, 0.2) is 53.5 Å². The molecule has 0 unspecified atom stereocenters. The number of amides is 1. The van der Waals surface area contributed by atoms with Gasteiger partial charge >= 0.3 is 0 Å². The zero-order chi connectivity index (χ0) is 19.1. The van der Waals surface area contributed by atoms with Crippen molar-refractivity contribution >= 4 is 5.91 Å². The number of benzene rings is 1. The van der Waals surface area contributed by atoms with Crippen molar-refractivity contribution in [2.45, 2.75) is 38.3 Å². The quantitative estimate of drug-likeness (QED) is 0.762. The molecule has 0 saturated carbocycles. The standard InChI is InChI=1S/C21H26FN3O2/c22-18-10-8-17(9-11-18)20(25-14-3-1-4-15-25)21(27)23-12-6-16-24-13-5-2-7-19(24)26/h2,5,7-11,13,20H,1,3-4,6,12,14-16H2,(H,23,27)/t20-/m0/s1. The number of pyridine rings is 1. The molecule has 144 valence electrons. The first-order chi connectivity index (χ1) is 13.1. The molecular formula is C21H26FN3O2. The lowest BCUT2D eigenvalue weighted by Gasteiger charge is -2.34. The second kappa shape index (κ2) is 9.46. The average Bonchev–Trinajstić information content (AvgIpc) is 2.69. The van der Waals surface area contributed by atoms with Crippen LogP contribution in [0.2, 0.25) is 0 Å². The van der Waals surface area contributed by atoms with E-state index in [9.17, 15) is 14.0 Å². The summed E-state index contributed by atoms with van der Waals surface area (Å²) in [4.78, 5) is 26.8. The monoisotopic (exact) mass is 371 g/mol. The Bertz CT molecular complexity index is 798. The molecule has 0 spiro atoms. The number of nitrogens with one attached hydrogen (secondary N) is 1. The third-order valence-electron chi connectivity index (χ3n) is 4.96. The molecule has 2 aromatic rings. The summed E-state index contributed by atoms with van der Waals surface area (Å²) >= 11 is 0. The van der Waals surface area contributed by atoms with E-state index in [1.54, 1.807) is 29.0 Å². The summed E-state index contributed by atoms with van der Waals surface area (Å²) in [5.41, 5.74) is 0.774. The van der Waals surface area contributed by atoms with Gasteiger partial charge in [0.05, 0.1) is 0 Å². The van der Waals surface area contributed by atoms with Crippen LogP contribution in [0.5, 0.6) is 0 Å². The number of likely N-dealkylation sites (tertiary alicyclic amines) is 1. The van der Waals surface area contributed by atoms with Gasteiger partial charge in [0.1, 0.15) is 11.9 Å². The molecule has 1 amide bonds. The SMILES string of the molecule is O=C(NCCCn1ccccc1=O)[C@H](c1ccc(F)cc1)N1CCCCC1. The van der Waals surface area contributed by atoms with Gasteiger partial charge in [-0.3, -0.25) is 14.5 Å². The third kappa shape index (κ3) is 5.26. The van der Waals surface area contributed by atoms with E-state index in [1.807, 2.05) is 6.07 Å². The van der Waals surface area contributed by atoms with E-state index < -0.39 is 6.04 Å². The van der Waals surface area contributed by atoms with E-state index >= 15 is 0 Å². The van der Waals surface area contributed by atoms with Crippen LogP contribution in [0, 0.1) is 5.82 Å². The highest BCUT2D eigenvalue weighted by Crippen LogP contribution is 2.25. The summed E-state index contributed by atoms with van der Waals surface area (Å²) in [6.45, 7) is 2.79. The molecule has 5 nitrogen and oxygen atoms in total. The Balaban J connectivity index is 1.61. The van der Waals surface area contributed by atoms with Crippen molar-refractivity contribution < 1.29 is 9.18 Å². The van der Waals surface area contributed by atoms with Gasteiger partial charge in [0.25, 0.3) is 0 Å². The molecule has 1 saturated heterocycles. The number of piperidine rings is 1. The molecule has 1 fully saturated rings. The number of aromatic nitrogens is 1. The van der Waals surface area contributed by atoms with Crippen molar-refractivity contribution in [2.75, 3.05) is 19.6 Å². The number of carbonyl (C=O) groups is 1. The van der Waals surface area contributed by atoms with Gasteiger partial charge in [-0.2, -0.15) is 0 Å². The van der Waals surface area contributed by atoms with Gasteiger partial charge in [-0.25, -0.2) is 4.39 Å². The molecule has 27 heavy (non-hydrogen) atoms. The lowest BCUT2D eigenvalue weighted by atomic mass is 10.0. The molecule has 0 radical (unpaired) electrons. The zero-order valence-corrected chi connectivity index (χ0v) is 15.4. The maximum atomic E-state index is 13.3. The van der Waals surface area contributed by atoms with E-state index in [-0.39, 0.29) is 17.3 Å². The largest absolute Gasteiger partial charge is 0.354 e. The lowest BCUT2D eigenvalue weighted by Crippen LogP contribution is -2.43. The topological polar surface area (TPSA) is 54.3 Å². The summed E-state index contributed by atoms with van der Waals surface area (Å²) in [7, 11) is 0. The molecule has 1 aliphatic rings. The highest BCUT2D eigenvalue weighted by molar-refractivity contribution is 5.83. The van der Waals surface area contributed by atoms with Crippen molar-refractivity contribution in [1.82, 2.24) is 14.8 Å². The van der Waals surface area contributed by atoms with Gasteiger partial charge in [-0.15, -0.1) is 0 Å². The minimum absolute atomic E-state index is 0.0404. The number of hydrogen-bond donors (Lipinski definition) is 1. The number of aryl methyl sites for hydroxylation is 1. The first-order valence-corrected chi connectivity index (χ1v) is 9.58. The van der Waals surface area contributed by atoms with Crippen molar-refractivity contribution in [3.8, 4) is 0 Å². The first-order valence-electron chi connectivity index (χ1n) is 9.58. The summed E-state index contributed by atoms with van der Waals surface area (Å²) in [5, 5.41) is 2.99. The Morgan fingerprint density at radius 2 is 1.81 bits per heavy atom. The molecule has 1 N–H and O–H groups in total. The Kier molecular flexibility index (Phi) is 6.76. The van der Waals surface area contributed by atoms with Crippen LogP contribution in [0.3, 0.4) is 0 Å². The smallest absolute Gasteiger partial charge is 0.250 e. The van der Waals surface area contributed by atoms with Crippen molar-refractivity contribution in [3.05, 3.63) is 70.4 Å². The third-order valence-corrected chi connectivity index (χ3v) is 4.96. The zero-order valence-electron chi connectivity index (χ0n) is 15.4. The van der Waals surface area contributed by atoms with Crippen LogP contribution in [0.4, 0.5) is 4.39 Å². The average molecular weight is 371 g/mol. The Hall–Kier alpha value is -2.47. The molecule has 1 aromatic heterocycles. The molecule has 1 atom stereocenters. The highest BCUT2D eigenvalue weighted by Gasteiger charge is 2.28. The van der Waals surface area contributed by atoms with E-state index in [2.05, 4.69) is 10.2 Å². The minimum Gasteiger partial charge on any atom is -0.354 e. The summed E-state index contributed by atoms with van der Waals surface area (Å²) in [5.74, 6) is -0.367. The second-order valence-corrected chi connectivity index (χ2v) is 6.93. The fraction of sp³-hybridized carbons (Fsp3) is 0.429. The lowest BCUT2D eigenvalue weighted by molar-refractivity contribution is -0.127. The minimum atomic E-state index is -0.398. The Labute approximate surface area is 158 Å². The molecule has 6 heteroatoms. The molecule has 1 aromatic carbocycles. The molecule has 1 aliphatic heterocycles. The number of carbonyl (C=O) groups excluding carboxylic acids is 1. The van der Waals surface area contributed by atoms with Crippen LogP contribution in [-0.2, 0) is 11.3 Å². The van der Waals surface area contributed by atoms with E-state index in [0.29, 0.717) is 19.5 Å². The van der Waals surface area contributed by atoms with Gasteiger partial charge in [-0.05, 0) is 56.1 Å². The Morgan fingerprint density at radius 1 is 1.07 bits per heavy atom. The van der Waals surface area contributed by atoms with Crippen LogP contribution >= 0.6 is 0 Å². The molecular weight excluding hydrogens is 345 g/mol. The van der Waals surface area contributed by atoms with Crippen LogP contribution in [-0.4, -0.2) is 35.0 Å². The predicted octanol–water partition coefficient (Wildman–Crippen LogP) is 2.72. The van der Waals surface area contributed by atoms with Gasteiger partial charge in [0.15, 0.2) is 0 Å². The first kappa shape index (κ1) is 19.3. The predicted molar refractivity (Wildman–Crippen MR) is 103 cm³/mol. The van der Waals surface area contributed by atoms with Crippen LogP contribution < -0.4 is 10.9 Å². The van der Waals surface area contributed by atoms with E-state index in [4.69, 9.17) is 0 Å². The number of nitrogens with zero attached hydrogens (tertiary/aromatic N) is 2. The van der Waals surface area contributed by atoms with Gasteiger partial charge in [-0.1, -0.05) is 24.6 Å². The summed E-state index contributed by atoms with van der Waals surface area (Å²) in [6, 6.07) is 10.9. The van der Waals surface area contributed by atoms with Gasteiger partial charge < -0.3 is 9.88 Å². The summed E-state index contributed by atoms with van der Waals surface area (Å²) in [6.07, 6.45) is 5.74. The number of halogens is 1. The van der Waals surface area contributed by atoms with E-state index in [0.717, 1.165) is 31.5 Å². The van der Waals surface area contributed by atoms with Crippen molar-refractivity contribution in [2.24, 2.45) is 0 Å². The van der Waals surface area contributed by atoms with Gasteiger partial charge in [0, 0.05) is 25.4 Å². The molecule has 2 heterocycles.